The number of thiocarbonyl (C=S) groups is 1. The zero-order chi connectivity index (χ0) is 19.2. The van der Waals surface area contributed by atoms with E-state index >= 15 is 0 Å². The molecular weight excluding hydrogens is 369 g/mol. The number of nitrogens with one attached hydrogen (secondary N) is 2. The molecule has 0 saturated heterocycles. The van der Waals surface area contributed by atoms with Gasteiger partial charge in [0.15, 0.2) is 5.11 Å². The number of hydrogen-bond acceptors (Lipinski definition) is 4. The number of rotatable bonds is 8. The summed E-state index contributed by atoms with van der Waals surface area (Å²) in [5.74, 6) is 0. The van der Waals surface area contributed by atoms with Gasteiger partial charge >= 0.3 is 6.18 Å². The first-order valence-electron chi connectivity index (χ1n) is 7.96. The van der Waals surface area contributed by atoms with E-state index < -0.39 is 12.8 Å². The van der Waals surface area contributed by atoms with Crippen molar-refractivity contribution in [2.75, 3.05) is 18.5 Å². The molecule has 2 aromatic rings. The van der Waals surface area contributed by atoms with Crippen LogP contribution in [0.25, 0.3) is 0 Å². The summed E-state index contributed by atoms with van der Waals surface area (Å²) in [7, 11) is 0. The largest absolute Gasteiger partial charge is 0.411 e. The second-order valence-electron chi connectivity index (χ2n) is 5.75. The van der Waals surface area contributed by atoms with Crippen molar-refractivity contribution in [3.8, 4) is 0 Å². The number of hydrogen-bond donors (Lipinski definition) is 2. The van der Waals surface area contributed by atoms with Crippen LogP contribution in [0.2, 0.25) is 0 Å². The van der Waals surface area contributed by atoms with Gasteiger partial charge in [-0.2, -0.15) is 23.4 Å². The maximum Gasteiger partial charge on any atom is 0.411 e. The molecule has 0 bridgehead atoms. The predicted molar refractivity (Wildman–Crippen MR) is 94.8 cm³/mol. The van der Waals surface area contributed by atoms with Crippen LogP contribution in [-0.4, -0.2) is 44.0 Å². The van der Waals surface area contributed by atoms with E-state index in [1.807, 2.05) is 24.6 Å². The fraction of sp³-hybridized carbons (Fsp3) is 0.533. The molecule has 2 heterocycles. The molecule has 144 valence electrons. The summed E-state index contributed by atoms with van der Waals surface area (Å²) in [6.45, 7) is 3.80. The van der Waals surface area contributed by atoms with Crippen LogP contribution in [0.3, 0.4) is 0 Å². The van der Waals surface area contributed by atoms with E-state index in [2.05, 4.69) is 25.6 Å². The van der Waals surface area contributed by atoms with Crippen LogP contribution in [0.15, 0.2) is 18.5 Å². The van der Waals surface area contributed by atoms with Gasteiger partial charge in [-0.1, -0.05) is 0 Å². The summed E-state index contributed by atoms with van der Waals surface area (Å²) in [5.41, 5.74) is 2.67. The lowest BCUT2D eigenvalue weighted by Gasteiger charge is -2.09. The molecule has 0 aliphatic rings. The number of halogens is 3. The first-order chi connectivity index (χ1) is 12.2. The van der Waals surface area contributed by atoms with Crippen LogP contribution in [0, 0.1) is 13.8 Å². The fourth-order valence-electron chi connectivity index (χ4n) is 2.26. The number of ether oxygens (including phenoxy) is 1. The zero-order valence-electron chi connectivity index (χ0n) is 14.5. The normalized spacial score (nSPS) is 11.6. The van der Waals surface area contributed by atoms with Crippen molar-refractivity contribution < 1.29 is 17.9 Å². The molecule has 2 rings (SSSR count). The van der Waals surface area contributed by atoms with Gasteiger partial charge in [0, 0.05) is 18.8 Å². The number of aryl methyl sites for hydroxylation is 3. The Kier molecular flexibility index (Phi) is 6.98. The van der Waals surface area contributed by atoms with Crippen LogP contribution in [-0.2, 0) is 18.0 Å². The lowest BCUT2D eigenvalue weighted by atomic mass is 10.4. The maximum atomic E-state index is 12.0. The first-order valence-corrected chi connectivity index (χ1v) is 8.36. The van der Waals surface area contributed by atoms with Crippen molar-refractivity contribution in [3.63, 3.8) is 0 Å². The zero-order valence-corrected chi connectivity index (χ0v) is 15.3. The van der Waals surface area contributed by atoms with Crippen molar-refractivity contribution in [1.29, 1.82) is 0 Å². The SMILES string of the molecule is Cc1cc(C)n(CCCNC(=S)Nc2cnn(COCC(F)(F)F)c2)n1. The van der Waals surface area contributed by atoms with E-state index in [9.17, 15) is 13.2 Å². The molecule has 0 aliphatic heterocycles. The second kappa shape index (κ2) is 8.99. The molecule has 0 aliphatic carbocycles. The molecule has 0 spiro atoms. The lowest BCUT2D eigenvalue weighted by Crippen LogP contribution is -2.29. The van der Waals surface area contributed by atoms with E-state index in [4.69, 9.17) is 12.2 Å². The minimum absolute atomic E-state index is 0.288. The van der Waals surface area contributed by atoms with Gasteiger partial charge in [-0.05, 0) is 38.6 Å². The third kappa shape index (κ3) is 7.00. The molecular formula is C15H21F3N6OS. The van der Waals surface area contributed by atoms with Gasteiger partial charge in [0.25, 0.3) is 0 Å². The highest BCUT2D eigenvalue weighted by Crippen LogP contribution is 2.15. The Bertz CT molecular complexity index is 727. The van der Waals surface area contributed by atoms with Crippen molar-refractivity contribution in [2.45, 2.75) is 39.7 Å². The average molecular weight is 390 g/mol. The Balaban J connectivity index is 1.65. The van der Waals surface area contributed by atoms with Crippen LogP contribution < -0.4 is 10.6 Å². The molecule has 11 heteroatoms. The Morgan fingerprint density at radius 3 is 2.77 bits per heavy atom. The summed E-state index contributed by atoms with van der Waals surface area (Å²) in [4.78, 5) is 0. The molecule has 0 atom stereocenters. The number of alkyl halides is 3. The summed E-state index contributed by atoms with van der Waals surface area (Å²) in [5, 5.41) is 14.7. The van der Waals surface area contributed by atoms with Crippen LogP contribution >= 0.6 is 12.2 Å². The van der Waals surface area contributed by atoms with Gasteiger partial charge in [-0.15, -0.1) is 0 Å². The van der Waals surface area contributed by atoms with Gasteiger partial charge in [0.05, 0.1) is 23.8 Å². The summed E-state index contributed by atoms with van der Waals surface area (Å²) in [6, 6.07) is 2.02. The monoisotopic (exact) mass is 390 g/mol. The summed E-state index contributed by atoms with van der Waals surface area (Å²) in [6.07, 6.45) is -0.539. The summed E-state index contributed by atoms with van der Waals surface area (Å²) < 4.78 is 43.8. The van der Waals surface area contributed by atoms with E-state index in [0.717, 1.165) is 24.4 Å². The third-order valence-electron chi connectivity index (χ3n) is 3.32. The van der Waals surface area contributed by atoms with Gasteiger partial charge in [0.2, 0.25) is 0 Å². The molecule has 2 N–H and O–H groups in total. The molecule has 0 aromatic carbocycles. The van der Waals surface area contributed by atoms with Gasteiger partial charge in [-0.25, -0.2) is 4.68 Å². The Labute approximate surface area is 154 Å². The molecule has 0 saturated carbocycles. The van der Waals surface area contributed by atoms with Crippen molar-refractivity contribution in [3.05, 3.63) is 29.8 Å². The van der Waals surface area contributed by atoms with Gasteiger partial charge in [0.1, 0.15) is 13.3 Å². The van der Waals surface area contributed by atoms with E-state index in [1.54, 1.807) is 0 Å². The standard InChI is InChI=1S/C15H21F3N6OS/c1-11-6-12(2)24(22-11)5-3-4-19-14(26)21-13-7-20-23(8-13)10-25-9-15(16,17)18/h6-8H,3-5,9-10H2,1-2H3,(H2,19,21,26). The van der Waals surface area contributed by atoms with Gasteiger partial charge < -0.3 is 15.4 Å². The minimum atomic E-state index is -4.35. The van der Waals surface area contributed by atoms with Crippen LogP contribution in [0.5, 0.6) is 0 Å². The van der Waals surface area contributed by atoms with Crippen LogP contribution in [0.4, 0.5) is 18.9 Å². The number of anilines is 1. The highest BCUT2D eigenvalue weighted by molar-refractivity contribution is 7.80. The highest BCUT2D eigenvalue weighted by Gasteiger charge is 2.27. The molecule has 0 fully saturated rings. The minimum Gasteiger partial charge on any atom is -0.362 e. The Morgan fingerprint density at radius 1 is 1.35 bits per heavy atom. The average Bonchev–Trinajstić information content (AvgIpc) is 3.08. The fourth-order valence-corrected chi connectivity index (χ4v) is 2.48. The Hall–Kier alpha value is -2.14. The predicted octanol–water partition coefficient (Wildman–Crippen LogP) is 2.61. The topological polar surface area (TPSA) is 68.9 Å². The number of nitrogens with zero attached hydrogens (tertiary/aromatic N) is 4. The summed E-state index contributed by atoms with van der Waals surface area (Å²) >= 11 is 5.18. The number of aromatic nitrogens is 4. The third-order valence-corrected chi connectivity index (χ3v) is 3.56. The van der Waals surface area contributed by atoms with E-state index in [0.29, 0.717) is 17.3 Å². The molecule has 2 aromatic heterocycles. The first kappa shape index (κ1) is 20.2. The quantitative estimate of drug-likeness (QED) is 0.534. The molecule has 26 heavy (non-hydrogen) atoms. The van der Waals surface area contributed by atoms with Crippen molar-refractivity contribution in [1.82, 2.24) is 24.9 Å². The lowest BCUT2D eigenvalue weighted by molar-refractivity contribution is -0.182. The molecule has 0 unspecified atom stereocenters. The smallest absolute Gasteiger partial charge is 0.362 e. The molecule has 0 amide bonds. The second-order valence-corrected chi connectivity index (χ2v) is 6.15. The van der Waals surface area contributed by atoms with E-state index in [-0.39, 0.29) is 6.73 Å². The van der Waals surface area contributed by atoms with Crippen molar-refractivity contribution in [2.24, 2.45) is 0 Å². The highest BCUT2D eigenvalue weighted by atomic mass is 32.1. The van der Waals surface area contributed by atoms with Gasteiger partial charge in [-0.3, -0.25) is 4.68 Å². The van der Waals surface area contributed by atoms with Crippen molar-refractivity contribution >= 4 is 23.0 Å². The van der Waals surface area contributed by atoms with E-state index in [1.165, 1.54) is 17.1 Å². The molecule has 7 nitrogen and oxygen atoms in total. The molecule has 0 radical (unpaired) electrons. The van der Waals surface area contributed by atoms with Crippen LogP contribution in [0.1, 0.15) is 17.8 Å². The Morgan fingerprint density at radius 2 is 2.12 bits per heavy atom. The maximum absolute atomic E-state index is 12.0.